The van der Waals surface area contributed by atoms with E-state index in [-0.39, 0.29) is 0 Å². The number of hydrogen-bond donors (Lipinski definition) is 2. The van der Waals surface area contributed by atoms with Crippen molar-refractivity contribution in [1.29, 1.82) is 0 Å². The molecule has 100 valence electrons. The molecule has 1 unspecified atom stereocenters. The van der Waals surface area contributed by atoms with Gasteiger partial charge in [0.05, 0.1) is 16.1 Å². The van der Waals surface area contributed by atoms with E-state index in [1.807, 2.05) is 0 Å². The quantitative estimate of drug-likeness (QED) is 0.879. The topological polar surface area (TPSA) is 88.5 Å². The maximum absolute atomic E-state index is 11.6. The van der Waals surface area contributed by atoms with E-state index in [0.717, 1.165) is 0 Å². The predicted octanol–water partition coefficient (Wildman–Crippen LogP) is 2.10. The summed E-state index contributed by atoms with van der Waals surface area (Å²) >= 11 is 1.18. The Kier molecular flexibility index (Phi) is 4.28. The molecular formula is C11H16N2O4S. The van der Waals surface area contributed by atoms with Gasteiger partial charge in [-0.1, -0.05) is 0 Å². The fourth-order valence-electron chi connectivity index (χ4n) is 1.25. The van der Waals surface area contributed by atoms with Gasteiger partial charge in [0.25, 0.3) is 0 Å². The second kappa shape index (κ2) is 5.34. The number of hydrogen-bond acceptors (Lipinski definition) is 5. The van der Waals surface area contributed by atoms with Crippen LogP contribution in [0.2, 0.25) is 0 Å². The van der Waals surface area contributed by atoms with Crippen molar-refractivity contribution >= 4 is 23.4 Å². The molecule has 2 N–H and O–H groups in total. The number of carbonyl (C=O) groups excluding carboxylic acids is 1. The van der Waals surface area contributed by atoms with E-state index < -0.39 is 23.7 Å². The van der Waals surface area contributed by atoms with E-state index in [4.69, 9.17) is 9.84 Å². The van der Waals surface area contributed by atoms with Crippen molar-refractivity contribution in [3.63, 3.8) is 0 Å². The minimum absolute atomic E-state index is 0.494. The summed E-state index contributed by atoms with van der Waals surface area (Å²) in [5.41, 5.74) is 1.45. The Labute approximate surface area is 109 Å². The molecule has 0 bridgehead atoms. The number of ether oxygens (including phenoxy) is 1. The molecule has 1 aromatic rings. The van der Waals surface area contributed by atoms with Crippen LogP contribution in [0.3, 0.4) is 0 Å². The van der Waals surface area contributed by atoms with Crippen LogP contribution in [0.5, 0.6) is 0 Å². The Hall–Kier alpha value is -1.63. The molecule has 1 amide bonds. The van der Waals surface area contributed by atoms with Crippen LogP contribution in [-0.2, 0) is 9.53 Å². The fourth-order valence-corrected chi connectivity index (χ4v) is 2.10. The van der Waals surface area contributed by atoms with Crippen LogP contribution in [-0.4, -0.2) is 27.8 Å². The third kappa shape index (κ3) is 3.99. The highest BCUT2D eigenvalue weighted by atomic mass is 32.1. The highest BCUT2D eigenvalue weighted by molar-refractivity contribution is 7.10. The van der Waals surface area contributed by atoms with Crippen LogP contribution in [0.1, 0.15) is 37.4 Å². The molecule has 0 spiro atoms. The van der Waals surface area contributed by atoms with Crippen LogP contribution in [0.25, 0.3) is 0 Å². The average Bonchev–Trinajstić information content (AvgIpc) is 2.57. The van der Waals surface area contributed by atoms with Gasteiger partial charge in [-0.15, -0.1) is 11.3 Å². The van der Waals surface area contributed by atoms with Gasteiger partial charge in [0.2, 0.25) is 0 Å². The first-order valence-corrected chi connectivity index (χ1v) is 6.21. The number of amides is 1. The third-order valence-electron chi connectivity index (χ3n) is 1.95. The molecule has 0 aliphatic carbocycles. The molecule has 7 heteroatoms. The van der Waals surface area contributed by atoms with E-state index in [1.54, 1.807) is 27.7 Å². The SMILES string of the molecule is Cc1ncsc1C(NC(=O)OC(C)(C)C)C(=O)O. The summed E-state index contributed by atoms with van der Waals surface area (Å²) in [4.78, 5) is 27.2. The lowest BCUT2D eigenvalue weighted by Gasteiger charge is -2.21. The maximum atomic E-state index is 11.6. The van der Waals surface area contributed by atoms with Crippen molar-refractivity contribution in [3.05, 3.63) is 16.1 Å². The molecule has 0 radical (unpaired) electrons. The second-order valence-electron chi connectivity index (χ2n) is 4.72. The summed E-state index contributed by atoms with van der Waals surface area (Å²) in [6, 6.07) is -1.13. The molecule has 0 saturated heterocycles. The fraction of sp³-hybridized carbons (Fsp3) is 0.545. The lowest BCUT2D eigenvalue weighted by atomic mass is 10.2. The van der Waals surface area contributed by atoms with Crippen molar-refractivity contribution in [3.8, 4) is 0 Å². The van der Waals surface area contributed by atoms with E-state index in [9.17, 15) is 9.59 Å². The number of carboxylic acids is 1. The summed E-state index contributed by atoms with van der Waals surface area (Å²) in [6.07, 6.45) is -0.761. The standard InChI is InChI=1S/C11H16N2O4S/c1-6-8(18-5-12-6)7(9(14)15)13-10(16)17-11(2,3)4/h5,7H,1-4H3,(H,13,16)(H,14,15). The van der Waals surface area contributed by atoms with Crippen LogP contribution < -0.4 is 5.32 Å². The molecule has 0 aromatic carbocycles. The summed E-state index contributed by atoms with van der Waals surface area (Å²) < 4.78 is 5.03. The van der Waals surface area contributed by atoms with Gasteiger partial charge in [0.15, 0.2) is 6.04 Å². The number of rotatable bonds is 3. The van der Waals surface area contributed by atoms with E-state index in [2.05, 4.69) is 10.3 Å². The van der Waals surface area contributed by atoms with Crippen LogP contribution in [0, 0.1) is 6.92 Å². The van der Waals surface area contributed by atoms with Gasteiger partial charge in [0, 0.05) is 0 Å². The lowest BCUT2D eigenvalue weighted by molar-refractivity contribution is -0.139. The van der Waals surface area contributed by atoms with Gasteiger partial charge in [-0.25, -0.2) is 14.6 Å². The molecule has 0 fully saturated rings. The second-order valence-corrected chi connectivity index (χ2v) is 5.61. The maximum Gasteiger partial charge on any atom is 0.408 e. The Morgan fingerprint density at radius 2 is 2.11 bits per heavy atom. The first kappa shape index (κ1) is 14.4. The van der Waals surface area contributed by atoms with Gasteiger partial charge in [-0.3, -0.25) is 0 Å². The molecule has 1 rings (SSSR count). The van der Waals surface area contributed by atoms with Gasteiger partial charge in [-0.05, 0) is 27.7 Å². The van der Waals surface area contributed by atoms with Gasteiger partial charge in [0.1, 0.15) is 5.60 Å². The monoisotopic (exact) mass is 272 g/mol. The van der Waals surface area contributed by atoms with E-state index >= 15 is 0 Å². The van der Waals surface area contributed by atoms with Crippen LogP contribution >= 0.6 is 11.3 Å². The molecular weight excluding hydrogens is 256 g/mol. The van der Waals surface area contributed by atoms with Crippen molar-refractivity contribution in [2.24, 2.45) is 0 Å². The minimum atomic E-state index is -1.15. The molecule has 1 heterocycles. The highest BCUT2D eigenvalue weighted by Crippen LogP contribution is 2.22. The van der Waals surface area contributed by atoms with E-state index in [1.165, 1.54) is 16.8 Å². The zero-order chi connectivity index (χ0) is 13.9. The number of nitrogens with zero attached hydrogens (tertiary/aromatic N) is 1. The zero-order valence-electron chi connectivity index (χ0n) is 10.7. The number of alkyl carbamates (subject to hydrolysis) is 1. The molecule has 0 saturated carbocycles. The van der Waals surface area contributed by atoms with Crippen LogP contribution in [0.4, 0.5) is 4.79 Å². The summed E-state index contributed by atoms with van der Waals surface area (Å²) in [6.45, 7) is 6.82. The molecule has 18 heavy (non-hydrogen) atoms. The summed E-state index contributed by atoms with van der Waals surface area (Å²) in [5, 5.41) is 11.5. The van der Waals surface area contributed by atoms with Crippen molar-refractivity contribution in [1.82, 2.24) is 10.3 Å². The smallest absolute Gasteiger partial charge is 0.408 e. The number of thiazole rings is 1. The first-order chi connectivity index (χ1) is 8.20. The number of aliphatic carboxylic acids is 1. The Morgan fingerprint density at radius 1 is 1.50 bits per heavy atom. The number of aryl methyl sites for hydroxylation is 1. The molecule has 0 aliphatic rings. The largest absolute Gasteiger partial charge is 0.479 e. The minimum Gasteiger partial charge on any atom is -0.479 e. The number of carbonyl (C=O) groups is 2. The lowest BCUT2D eigenvalue weighted by Crippen LogP contribution is -2.38. The number of carboxylic acid groups (broad SMARTS) is 1. The average molecular weight is 272 g/mol. The summed E-state index contributed by atoms with van der Waals surface area (Å²) in [5.74, 6) is -1.15. The first-order valence-electron chi connectivity index (χ1n) is 5.33. The molecule has 1 atom stereocenters. The highest BCUT2D eigenvalue weighted by Gasteiger charge is 2.27. The van der Waals surface area contributed by atoms with Crippen LogP contribution in [0.15, 0.2) is 5.51 Å². The number of nitrogens with one attached hydrogen (secondary N) is 1. The zero-order valence-corrected chi connectivity index (χ0v) is 11.5. The van der Waals surface area contributed by atoms with Gasteiger partial charge in [-0.2, -0.15) is 0 Å². The van der Waals surface area contributed by atoms with Gasteiger partial charge >= 0.3 is 12.1 Å². The third-order valence-corrected chi connectivity index (χ3v) is 2.95. The molecule has 1 aromatic heterocycles. The Bertz CT molecular complexity index is 450. The predicted molar refractivity (Wildman–Crippen MR) is 66.6 cm³/mol. The Balaban J connectivity index is 2.80. The molecule has 0 aliphatic heterocycles. The normalized spacial score (nSPS) is 12.9. The van der Waals surface area contributed by atoms with Gasteiger partial charge < -0.3 is 15.2 Å². The van der Waals surface area contributed by atoms with Crippen molar-refractivity contribution < 1.29 is 19.4 Å². The molecule has 6 nitrogen and oxygen atoms in total. The number of aromatic nitrogens is 1. The van der Waals surface area contributed by atoms with Crippen molar-refractivity contribution in [2.45, 2.75) is 39.3 Å². The summed E-state index contributed by atoms with van der Waals surface area (Å²) in [7, 11) is 0. The Morgan fingerprint density at radius 3 is 2.50 bits per heavy atom. The van der Waals surface area contributed by atoms with Crippen molar-refractivity contribution in [2.75, 3.05) is 0 Å². The van der Waals surface area contributed by atoms with E-state index in [0.29, 0.717) is 10.6 Å².